The predicted octanol–water partition coefficient (Wildman–Crippen LogP) is 1.55. The van der Waals surface area contributed by atoms with Crippen molar-refractivity contribution in [2.45, 2.75) is 25.4 Å². The molecular formula is C7H9BrN2O2. The lowest BCUT2D eigenvalue weighted by Gasteiger charge is -2.03. The van der Waals surface area contributed by atoms with E-state index in [4.69, 9.17) is 9.26 Å². The van der Waals surface area contributed by atoms with Crippen LogP contribution in [-0.4, -0.2) is 22.9 Å². The lowest BCUT2D eigenvalue weighted by Crippen LogP contribution is -2.08. The second-order valence-corrected chi connectivity index (χ2v) is 3.51. The third-order valence-electron chi connectivity index (χ3n) is 1.87. The molecule has 12 heavy (non-hydrogen) atoms. The minimum absolute atomic E-state index is 0.275. The van der Waals surface area contributed by atoms with Crippen molar-refractivity contribution in [3.05, 3.63) is 10.6 Å². The number of hydrogen-bond acceptors (Lipinski definition) is 4. The Hall–Kier alpha value is -0.420. The van der Waals surface area contributed by atoms with Crippen molar-refractivity contribution in [2.24, 2.45) is 0 Å². The van der Waals surface area contributed by atoms with Crippen molar-refractivity contribution in [2.75, 3.05) is 6.61 Å². The Balaban J connectivity index is 1.94. The second-order valence-electron chi connectivity index (χ2n) is 2.80. The summed E-state index contributed by atoms with van der Waals surface area (Å²) in [5.74, 6) is 0.647. The van der Waals surface area contributed by atoms with Gasteiger partial charge in [0.25, 0.3) is 0 Å². The molecule has 0 aromatic carbocycles. The van der Waals surface area contributed by atoms with Gasteiger partial charge in [0.1, 0.15) is 0 Å². The average molecular weight is 233 g/mol. The molecule has 4 nitrogen and oxygen atoms in total. The van der Waals surface area contributed by atoms with E-state index in [2.05, 4.69) is 26.1 Å². The SMILES string of the molecule is Brc1noc(CC2CCCO2)n1. The summed E-state index contributed by atoms with van der Waals surface area (Å²) < 4.78 is 10.9. The maximum Gasteiger partial charge on any atom is 0.238 e. The van der Waals surface area contributed by atoms with E-state index in [9.17, 15) is 0 Å². The Morgan fingerprint density at radius 1 is 1.58 bits per heavy atom. The first-order chi connectivity index (χ1) is 5.84. The molecule has 66 valence electrons. The molecule has 2 rings (SSSR count). The van der Waals surface area contributed by atoms with Crippen LogP contribution in [0.3, 0.4) is 0 Å². The molecule has 0 spiro atoms. The van der Waals surface area contributed by atoms with E-state index in [0.29, 0.717) is 10.6 Å². The first-order valence-corrected chi connectivity index (χ1v) is 4.73. The number of hydrogen-bond donors (Lipinski definition) is 0. The Labute approximate surface area is 78.4 Å². The minimum Gasteiger partial charge on any atom is -0.378 e. The normalized spacial score (nSPS) is 23.2. The standard InChI is InChI=1S/C7H9BrN2O2/c8-7-9-6(12-10-7)4-5-2-1-3-11-5/h5H,1-4H2. The fraction of sp³-hybridized carbons (Fsp3) is 0.714. The van der Waals surface area contributed by atoms with Crippen molar-refractivity contribution in [1.29, 1.82) is 0 Å². The van der Waals surface area contributed by atoms with Gasteiger partial charge >= 0.3 is 0 Å². The van der Waals surface area contributed by atoms with Gasteiger partial charge in [-0.2, -0.15) is 4.98 Å². The fourth-order valence-corrected chi connectivity index (χ4v) is 1.59. The van der Waals surface area contributed by atoms with Crippen molar-refractivity contribution in [1.82, 2.24) is 10.1 Å². The molecule has 1 aliphatic rings. The number of ether oxygens (including phenoxy) is 1. The first-order valence-electron chi connectivity index (χ1n) is 3.94. The number of rotatable bonds is 2. The molecule has 1 aromatic heterocycles. The molecule has 1 aromatic rings. The highest BCUT2D eigenvalue weighted by molar-refractivity contribution is 9.10. The van der Waals surface area contributed by atoms with Crippen LogP contribution >= 0.6 is 15.9 Å². The van der Waals surface area contributed by atoms with E-state index in [-0.39, 0.29) is 6.10 Å². The molecule has 5 heteroatoms. The van der Waals surface area contributed by atoms with Crippen LogP contribution in [0.15, 0.2) is 9.26 Å². The van der Waals surface area contributed by atoms with Crippen LogP contribution < -0.4 is 0 Å². The molecule has 0 amide bonds. The number of halogens is 1. The average Bonchev–Trinajstić information content (AvgIpc) is 2.63. The number of nitrogens with zero attached hydrogens (tertiary/aromatic N) is 2. The van der Waals surface area contributed by atoms with E-state index >= 15 is 0 Å². The molecule has 0 radical (unpaired) electrons. The highest BCUT2D eigenvalue weighted by atomic mass is 79.9. The second kappa shape index (κ2) is 3.53. The Kier molecular flexibility index (Phi) is 2.41. The lowest BCUT2D eigenvalue weighted by atomic mass is 10.2. The molecule has 0 aliphatic carbocycles. The third-order valence-corrected chi connectivity index (χ3v) is 2.19. The quantitative estimate of drug-likeness (QED) is 0.777. The van der Waals surface area contributed by atoms with Crippen LogP contribution in [0.2, 0.25) is 0 Å². The zero-order valence-electron chi connectivity index (χ0n) is 6.49. The summed E-state index contributed by atoms with van der Waals surface area (Å²) in [6, 6.07) is 0. The summed E-state index contributed by atoms with van der Waals surface area (Å²) in [5.41, 5.74) is 0. The fourth-order valence-electron chi connectivity index (χ4n) is 1.32. The highest BCUT2D eigenvalue weighted by Gasteiger charge is 2.18. The zero-order chi connectivity index (χ0) is 8.39. The topological polar surface area (TPSA) is 48.2 Å². The van der Waals surface area contributed by atoms with E-state index in [0.717, 1.165) is 25.9 Å². The van der Waals surface area contributed by atoms with Crippen LogP contribution in [0, 0.1) is 0 Å². The van der Waals surface area contributed by atoms with Gasteiger partial charge in [-0.05, 0) is 33.9 Å². The van der Waals surface area contributed by atoms with Gasteiger partial charge in [-0.15, -0.1) is 0 Å². The van der Waals surface area contributed by atoms with Crippen molar-refractivity contribution >= 4 is 15.9 Å². The summed E-state index contributed by atoms with van der Waals surface area (Å²) >= 11 is 3.12. The van der Waals surface area contributed by atoms with Gasteiger partial charge in [-0.25, -0.2) is 0 Å². The highest BCUT2D eigenvalue weighted by Crippen LogP contribution is 2.16. The van der Waals surface area contributed by atoms with Gasteiger partial charge in [0, 0.05) is 6.61 Å². The molecule has 2 heterocycles. The molecule has 1 saturated heterocycles. The van der Waals surface area contributed by atoms with Crippen LogP contribution in [0.25, 0.3) is 0 Å². The van der Waals surface area contributed by atoms with Crippen LogP contribution in [0.4, 0.5) is 0 Å². The van der Waals surface area contributed by atoms with Gasteiger partial charge < -0.3 is 9.26 Å². The van der Waals surface area contributed by atoms with Crippen molar-refractivity contribution in [3.8, 4) is 0 Å². The van der Waals surface area contributed by atoms with Gasteiger partial charge in [0.2, 0.25) is 10.6 Å². The Bertz CT molecular complexity index is 258. The van der Waals surface area contributed by atoms with Crippen molar-refractivity contribution < 1.29 is 9.26 Å². The molecule has 1 atom stereocenters. The smallest absolute Gasteiger partial charge is 0.238 e. The van der Waals surface area contributed by atoms with Gasteiger partial charge in [0.15, 0.2) is 0 Å². The van der Waals surface area contributed by atoms with Gasteiger partial charge in [0.05, 0.1) is 12.5 Å². The summed E-state index contributed by atoms with van der Waals surface area (Å²) in [7, 11) is 0. The lowest BCUT2D eigenvalue weighted by molar-refractivity contribution is 0.104. The van der Waals surface area contributed by atoms with E-state index in [1.54, 1.807) is 0 Å². The van der Waals surface area contributed by atoms with Crippen molar-refractivity contribution in [3.63, 3.8) is 0 Å². The summed E-state index contributed by atoms with van der Waals surface area (Å²) in [6.07, 6.45) is 3.25. The van der Waals surface area contributed by atoms with E-state index < -0.39 is 0 Å². The predicted molar refractivity (Wildman–Crippen MR) is 44.7 cm³/mol. The van der Waals surface area contributed by atoms with E-state index in [1.807, 2.05) is 0 Å². The van der Waals surface area contributed by atoms with Crippen LogP contribution in [0.1, 0.15) is 18.7 Å². The summed E-state index contributed by atoms with van der Waals surface area (Å²) in [4.78, 5) is 4.03. The molecular weight excluding hydrogens is 224 g/mol. The van der Waals surface area contributed by atoms with E-state index in [1.165, 1.54) is 0 Å². The third kappa shape index (κ3) is 1.84. The molecule has 0 N–H and O–H groups in total. The first kappa shape index (κ1) is 8.19. The summed E-state index contributed by atoms with van der Waals surface area (Å²) in [6.45, 7) is 0.861. The Morgan fingerprint density at radius 3 is 3.08 bits per heavy atom. The van der Waals surface area contributed by atoms with Gasteiger partial charge in [-0.3, -0.25) is 0 Å². The van der Waals surface area contributed by atoms with Crippen LogP contribution in [0.5, 0.6) is 0 Å². The Morgan fingerprint density at radius 2 is 2.50 bits per heavy atom. The van der Waals surface area contributed by atoms with Gasteiger partial charge in [-0.1, -0.05) is 0 Å². The minimum atomic E-state index is 0.275. The molecule has 0 bridgehead atoms. The molecule has 1 unspecified atom stereocenters. The molecule has 1 fully saturated rings. The molecule has 0 saturated carbocycles. The maximum absolute atomic E-state index is 5.42. The maximum atomic E-state index is 5.42. The molecule has 1 aliphatic heterocycles. The van der Waals surface area contributed by atoms with Crippen LogP contribution in [-0.2, 0) is 11.2 Å². The summed E-state index contributed by atoms with van der Waals surface area (Å²) in [5, 5.41) is 3.63. The monoisotopic (exact) mass is 232 g/mol. The largest absolute Gasteiger partial charge is 0.378 e. The zero-order valence-corrected chi connectivity index (χ0v) is 8.08. The number of aromatic nitrogens is 2.